The zero-order valence-corrected chi connectivity index (χ0v) is 17.4. The normalized spacial score (nSPS) is 12.6. The first-order valence-electron chi connectivity index (χ1n) is 9.87. The van der Waals surface area contributed by atoms with Crippen LogP contribution in [0.4, 0.5) is 5.69 Å². The zero-order chi connectivity index (χ0) is 23.1. The Labute approximate surface area is 185 Å². The number of aromatic hydroxyl groups is 2. The summed E-state index contributed by atoms with van der Waals surface area (Å²) in [5.74, 6) is -1.97. The summed E-state index contributed by atoms with van der Waals surface area (Å²) in [7, 11) is 1.28. The highest BCUT2D eigenvalue weighted by molar-refractivity contribution is 6.06. The fourth-order valence-electron chi connectivity index (χ4n) is 3.15. The first-order valence-corrected chi connectivity index (χ1v) is 9.87. The largest absolute Gasteiger partial charge is 0.504 e. The molecule has 0 aliphatic rings. The highest BCUT2D eigenvalue weighted by atomic mass is 16.5. The third kappa shape index (κ3) is 5.63. The maximum atomic E-state index is 12.4. The van der Waals surface area contributed by atoms with E-state index < -0.39 is 29.9 Å². The topological polar surface area (TPSA) is 128 Å². The van der Waals surface area contributed by atoms with Crippen molar-refractivity contribution in [1.82, 2.24) is 5.32 Å². The number of methoxy groups -OCH3 is 1. The molecule has 0 heterocycles. The van der Waals surface area contributed by atoms with Crippen molar-refractivity contribution in [2.75, 3.05) is 12.4 Å². The van der Waals surface area contributed by atoms with Crippen LogP contribution >= 0.6 is 0 Å². The highest BCUT2D eigenvalue weighted by Crippen LogP contribution is 2.28. The Balaban J connectivity index is 1.67. The summed E-state index contributed by atoms with van der Waals surface area (Å²) in [6.07, 6.45) is -0.799. The fraction of sp³-hybridized carbons (Fsp3) is 0.167. The van der Waals surface area contributed by atoms with Gasteiger partial charge in [-0.1, -0.05) is 48.5 Å². The van der Waals surface area contributed by atoms with E-state index in [0.717, 1.165) is 5.56 Å². The zero-order valence-electron chi connectivity index (χ0n) is 17.4. The molecule has 0 fully saturated rings. The maximum absolute atomic E-state index is 12.4. The van der Waals surface area contributed by atoms with Gasteiger partial charge in [0.1, 0.15) is 12.3 Å². The van der Waals surface area contributed by atoms with E-state index in [4.69, 9.17) is 4.74 Å². The molecule has 8 heteroatoms. The number of esters is 1. The molecule has 0 saturated heterocycles. The Morgan fingerprint density at radius 2 is 1.62 bits per heavy atom. The Morgan fingerprint density at radius 1 is 0.938 bits per heavy atom. The van der Waals surface area contributed by atoms with Gasteiger partial charge in [0.15, 0.2) is 11.5 Å². The summed E-state index contributed by atoms with van der Waals surface area (Å²) in [5.41, 5.74) is 1.80. The summed E-state index contributed by atoms with van der Waals surface area (Å²) in [5, 5.41) is 35.3. The number of phenolic OH excluding ortho intramolecular Hbond substituents is 2. The van der Waals surface area contributed by atoms with Crippen LogP contribution in [-0.2, 0) is 16.0 Å². The molecule has 0 aliphatic carbocycles. The number of amides is 1. The van der Waals surface area contributed by atoms with E-state index in [1.54, 1.807) is 48.5 Å². The highest BCUT2D eigenvalue weighted by Gasteiger charge is 2.23. The quantitative estimate of drug-likeness (QED) is 0.209. The van der Waals surface area contributed by atoms with Gasteiger partial charge in [-0.05, 0) is 41.8 Å². The van der Waals surface area contributed by atoms with Gasteiger partial charge in [0, 0.05) is 5.69 Å². The number of aliphatic hydroxyl groups excluding tert-OH is 1. The Hall–Kier alpha value is -3.88. The number of hydrogen-bond acceptors (Lipinski definition) is 7. The molecule has 0 aliphatic heterocycles. The molecule has 3 aromatic carbocycles. The predicted octanol–water partition coefficient (Wildman–Crippen LogP) is 2.71. The van der Waals surface area contributed by atoms with E-state index in [2.05, 4.69) is 10.6 Å². The van der Waals surface area contributed by atoms with E-state index in [1.165, 1.54) is 25.3 Å². The van der Waals surface area contributed by atoms with Gasteiger partial charge in [0.25, 0.3) is 5.91 Å². The smallest absolute Gasteiger partial charge is 0.323 e. The first-order chi connectivity index (χ1) is 15.4. The van der Waals surface area contributed by atoms with E-state index in [0.29, 0.717) is 11.3 Å². The Bertz CT molecular complexity index is 1070. The number of benzene rings is 3. The number of rotatable bonds is 8. The van der Waals surface area contributed by atoms with E-state index in [-0.39, 0.29) is 17.7 Å². The van der Waals surface area contributed by atoms with Crippen LogP contribution in [0.3, 0.4) is 0 Å². The predicted molar refractivity (Wildman–Crippen MR) is 118 cm³/mol. The molecule has 3 rings (SSSR count). The maximum Gasteiger partial charge on any atom is 0.323 e. The molecule has 3 aromatic rings. The fourth-order valence-corrected chi connectivity index (χ4v) is 3.15. The molecule has 1 unspecified atom stereocenters. The van der Waals surface area contributed by atoms with Crippen LogP contribution in [0.15, 0.2) is 72.8 Å². The molecule has 5 N–H and O–H groups in total. The average Bonchev–Trinajstić information content (AvgIpc) is 2.81. The van der Waals surface area contributed by atoms with Crippen LogP contribution in [-0.4, -0.2) is 40.3 Å². The lowest BCUT2D eigenvalue weighted by Gasteiger charge is -2.21. The molecule has 0 radical (unpaired) electrons. The molecular weight excluding hydrogens is 412 g/mol. The van der Waals surface area contributed by atoms with E-state index in [1.807, 2.05) is 6.07 Å². The first kappa shape index (κ1) is 22.8. The monoisotopic (exact) mass is 436 g/mol. The van der Waals surface area contributed by atoms with Crippen molar-refractivity contribution in [1.29, 1.82) is 0 Å². The van der Waals surface area contributed by atoms with Crippen molar-refractivity contribution in [3.05, 3.63) is 89.5 Å². The SMILES string of the molecule is COC(=O)[C@H](Cc1ccc(NC(=O)c2cccc(O)c2O)cc1)NC(O)c1ccccc1. The Kier molecular flexibility index (Phi) is 7.43. The Morgan fingerprint density at radius 3 is 2.28 bits per heavy atom. The summed E-state index contributed by atoms with van der Waals surface area (Å²) in [4.78, 5) is 24.6. The van der Waals surface area contributed by atoms with Crippen molar-refractivity contribution in [2.24, 2.45) is 0 Å². The third-order valence-corrected chi connectivity index (χ3v) is 4.87. The molecule has 0 aromatic heterocycles. The number of carbonyl (C=O) groups excluding carboxylic acids is 2. The van der Waals surface area contributed by atoms with Crippen LogP contribution in [0.2, 0.25) is 0 Å². The van der Waals surface area contributed by atoms with Gasteiger partial charge >= 0.3 is 5.97 Å². The van der Waals surface area contributed by atoms with Crippen molar-refractivity contribution < 1.29 is 29.6 Å². The second kappa shape index (κ2) is 10.4. The van der Waals surface area contributed by atoms with E-state index >= 15 is 0 Å². The lowest BCUT2D eigenvalue weighted by molar-refractivity contribution is -0.144. The van der Waals surface area contributed by atoms with Gasteiger partial charge in [-0.3, -0.25) is 14.9 Å². The number of ether oxygens (including phenoxy) is 1. The number of aliphatic hydroxyl groups is 1. The second-order valence-electron chi connectivity index (χ2n) is 7.08. The molecule has 32 heavy (non-hydrogen) atoms. The lowest BCUT2D eigenvalue weighted by atomic mass is 10.0. The van der Waals surface area contributed by atoms with Crippen molar-refractivity contribution in [3.8, 4) is 11.5 Å². The summed E-state index contributed by atoms with van der Waals surface area (Å²) < 4.78 is 4.85. The molecule has 2 atom stereocenters. The van der Waals surface area contributed by atoms with Crippen LogP contribution in [0.5, 0.6) is 11.5 Å². The van der Waals surface area contributed by atoms with Crippen LogP contribution in [0, 0.1) is 0 Å². The number of nitrogens with one attached hydrogen (secondary N) is 2. The molecule has 0 saturated carbocycles. The van der Waals surface area contributed by atoms with Gasteiger partial charge in [-0.15, -0.1) is 0 Å². The number of carbonyl (C=O) groups is 2. The molecule has 0 spiro atoms. The van der Waals surface area contributed by atoms with Crippen LogP contribution < -0.4 is 10.6 Å². The molecule has 0 bridgehead atoms. The number of anilines is 1. The third-order valence-electron chi connectivity index (χ3n) is 4.87. The van der Waals surface area contributed by atoms with Crippen molar-refractivity contribution in [2.45, 2.75) is 18.7 Å². The number of phenols is 2. The summed E-state index contributed by atoms with van der Waals surface area (Å²) >= 11 is 0. The van der Waals surface area contributed by atoms with Gasteiger partial charge in [0.2, 0.25) is 0 Å². The van der Waals surface area contributed by atoms with Crippen molar-refractivity contribution in [3.63, 3.8) is 0 Å². The minimum atomic E-state index is -1.05. The molecule has 166 valence electrons. The van der Waals surface area contributed by atoms with Gasteiger partial charge < -0.3 is 25.4 Å². The van der Waals surface area contributed by atoms with Gasteiger partial charge in [0.05, 0.1) is 12.7 Å². The van der Waals surface area contributed by atoms with Crippen LogP contribution in [0.1, 0.15) is 27.7 Å². The molecular formula is C24H24N2O6. The van der Waals surface area contributed by atoms with E-state index in [9.17, 15) is 24.9 Å². The van der Waals surface area contributed by atoms with Crippen LogP contribution in [0.25, 0.3) is 0 Å². The molecule has 8 nitrogen and oxygen atoms in total. The minimum Gasteiger partial charge on any atom is -0.504 e. The minimum absolute atomic E-state index is 0.0565. The summed E-state index contributed by atoms with van der Waals surface area (Å²) in [6, 6.07) is 19.0. The second-order valence-corrected chi connectivity index (χ2v) is 7.08. The summed E-state index contributed by atoms with van der Waals surface area (Å²) in [6.45, 7) is 0. The van der Waals surface area contributed by atoms with Gasteiger partial charge in [-0.25, -0.2) is 0 Å². The molecule has 1 amide bonds. The van der Waals surface area contributed by atoms with Gasteiger partial charge in [-0.2, -0.15) is 0 Å². The number of hydrogen-bond donors (Lipinski definition) is 5. The standard InChI is InChI=1S/C24H24N2O6/c1-32-24(31)19(26-22(29)16-6-3-2-4-7-16)14-15-10-12-17(13-11-15)25-23(30)18-8-5-9-20(27)21(18)28/h2-13,19,22,26-29H,14H2,1H3,(H,25,30)/t19-,22?/m0/s1. The average molecular weight is 436 g/mol. The lowest BCUT2D eigenvalue weighted by Crippen LogP contribution is -2.41. The number of para-hydroxylation sites is 1. The van der Waals surface area contributed by atoms with Crippen molar-refractivity contribution >= 4 is 17.6 Å².